The Morgan fingerprint density at radius 2 is 1.97 bits per heavy atom. The summed E-state index contributed by atoms with van der Waals surface area (Å²) in [5.41, 5.74) is 0.817. The van der Waals surface area contributed by atoms with Crippen molar-refractivity contribution >= 4 is 17.7 Å². The number of anilines is 1. The van der Waals surface area contributed by atoms with Crippen LogP contribution in [0.15, 0.2) is 36.4 Å². The third-order valence-corrected chi connectivity index (χ3v) is 5.74. The summed E-state index contributed by atoms with van der Waals surface area (Å²) in [6.45, 7) is 2.58. The fourth-order valence-corrected chi connectivity index (χ4v) is 4.05. The van der Waals surface area contributed by atoms with E-state index >= 15 is 0 Å². The Hall–Kier alpha value is -3.27. The number of carbonyl (C=O) groups excluding carboxylic acids is 1. The van der Waals surface area contributed by atoms with Crippen molar-refractivity contribution in [3.8, 4) is 5.75 Å². The molecule has 0 aliphatic carbocycles. The van der Waals surface area contributed by atoms with Crippen molar-refractivity contribution in [2.45, 2.75) is 38.2 Å². The highest BCUT2D eigenvalue weighted by atomic mass is 19.3. The summed E-state index contributed by atoms with van der Waals surface area (Å²) in [6, 6.07) is 8.00. The molecule has 0 spiro atoms. The maximum absolute atomic E-state index is 14.9. The summed E-state index contributed by atoms with van der Waals surface area (Å²) >= 11 is 0. The van der Waals surface area contributed by atoms with Gasteiger partial charge in [0, 0.05) is 17.6 Å². The maximum Gasteiger partial charge on any atom is 0.408 e. The zero-order chi connectivity index (χ0) is 25.0. The topological polar surface area (TPSA) is 88.1 Å². The predicted molar refractivity (Wildman–Crippen MR) is 119 cm³/mol. The normalized spacial score (nSPS) is 15.7. The standard InChI is InChI=1S/C24H27F3N2O5/c1-24(2,13-34-12-20(26)27)18-7-4-15(11-19(18)25)28-22(30)21-17-6-5-16(33-3)10-14(17)8-9-29(21)23(31)32/h4-7,10-11,20-21H,8-9,12-13H2,1-3H3,(H,28,30)(H,31,32)/t21-/m1/s1. The van der Waals surface area contributed by atoms with Gasteiger partial charge >= 0.3 is 6.09 Å². The molecule has 2 amide bonds. The second kappa shape index (κ2) is 10.3. The average Bonchev–Trinajstić information content (AvgIpc) is 2.77. The van der Waals surface area contributed by atoms with Gasteiger partial charge in [-0.05, 0) is 47.4 Å². The Bertz CT molecular complexity index is 1060. The number of ether oxygens (including phenoxy) is 2. The van der Waals surface area contributed by atoms with Gasteiger partial charge < -0.3 is 19.9 Å². The van der Waals surface area contributed by atoms with Gasteiger partial charge in [0.25, 0.3) is 12.3 Å². The first-order valence-electron chi connectivity index (χ1n) is 10.7. The molecule has 2 aromatic carbocycles. The fourth-order valence-electron chi connectivity index (χ4n) is 4.05. The molecule has 0 unspecified atom stereocenters. The van der Waals surface area contributed by atoms with E-state index in [9.17, 15) is 27.9 Å². The number of fused-ring (bicyclic) bond motifs is 1. The Morgan fingerprint density at radius 3 is 2.59 bits per heavy atom. The molecule has 7 nitrogen and oxygen atoms in total. The molecular weight excluding hydrogens is 453 g/mol. The first-order valence-corrected chi connectivity index (χ1v) is 10.7. The number of nitrogens with one attached hydrogen (secondary N) is 1. The third-order valence-electron chi connectivity index (χ3n) is 5.74. The Balaban J connectivity index is 1.82. The smallest absolute Gasteiger partial charge is 0.408 e. The molecule has 34 heavy (non-hydrogen) atoms. The largest absolute Gasteiger partial charge is 0.497 e. The van der Waals surface area contributed by atoms with Gasteiger partial charge in [0.1, 0.15) is 24.2 Å². The zero-order valence-corrected chi connectivity index (χ0v) is 19.1. The number of hydrogen-bond acceptors (Lipinski definition) is 4. The van der Waals surface area contributed by atoms with E-state index in [2.05, 4.69) is 5.32 Å². The maximum atomic E-state index is 14.9. The van der Waals surface area contributed by atoms with E-state index in [-0.39, 0.29) is 24.4 Å². The van der Waals surface area contributed by atoms with Gasteiger partial charge in [-0.15, -0.1) is 0 Å². The monoisotopic (exact) mass is 480 g/mol. The lowest BCUT2D eigenvalue weighted by atomic mass is 9.85. The molecule has 1 heterocycles. The minimum Gasteiger partial charge on any atom is -0.497 e. The van der Waals surface area contributed by atoms with Crippen molar-refractivity contribution in [1.82, 2.24) is 4.90 Å². The number of benzene rings is 2. The number of amides is 2. The van der Waals surface area contributed by atoms with Gasteiger partial charge in [0.15, 0.2) is 0 Å². The van der Waals surface area contributed by atoms with E-state index < -0.39 is 42.3 Å². The number of carboxylic acid groups (broad SMARTS) is 1. The highest BCUT2D eigenvalue weighted by Gasteiger charge is 2.36. The fraction of sp³-hybridized carbons (Fsp3) is 0.417. The van der Waals surface area contributed by atoms with Gasteiger partial charge in [-0.1, -0.05) is 26.0 Å². The summed E-state index contributed by atoms with van der Waals surface area (Å²) in [6.07, 6.45) is -3.43. The Kier molecular flexibility index (Phi) is 7.71. The number of hydrogen-bond donors (Lipinski definition) is 2. The van der Waals surface area contributed by atoms with Crippen LogP contribution in [-0.4, -0.2) is 55.3 Å². The lowest BCUT2D eigenvalue weighted by Gasteiger charge is -2.34. The molecule has 184 valence electrons. The average molecular weight is 480 g/mol. The van der Waals surface area contributed by atoms with E-state index in [0.717, 1.165) is 16.5 Å². The molecule has 1 aliphatic heterocycles. The molecule has 0 bridgehead atoms. The minimum absolute atomic E-state index is 0.115. The predicted octanol–water partition coefficient (Wildman–Crippen LogP) is 4.61. The van der Waals surface area contributed by atoms with Crippen molar-refractivity contribution in [3.63, 3.8) is 0 Å². The zero-order valence-electron chi connectivity index (χ0n) is 19.1. The van der Waals surface area contributed by atoms with Crippen LogP contribution < -0.4 is 10.1 Å². The van der Waals surface area contributed by atoms with Gasteiger partial charge in [-0.3, -0.25) is 9.69 Å². The van der Waals surface area contributed by atoms with E-state index in [4.69, 9.17) is 9.47 Å². The number of alkyl halides is 2. The van der Waals surface area contributed by atoms with Crippen molar-refractivity contribution in [1.29, 1.82) is 0 Å². The molecule has 0 aromatic heterocycles. The molecule has 3 rings (SSSR count). The number of carbonyl (C=O) groups is 2. The van der Waals surface area contributed by atoms with Gasteiger partial charge in [-0.2, -0.15) is 0 Å². The summed E-state index contributed by atoms with van der Waals surface area (Å²) in [5, 5.41) is 12.2. The SMILES string of the molecule is COc1ccc2c(c1)CCN(C(=O)O)[C@H]2C(=O)Nc1ccc(C(C)(C)COCC(F)F)c(F)c1. The van der Waals surface area contributed by atoms with E-state index in [1.54, 1.807) is 32.0 Å². The minimum atomic E-state index is -2.62. The van der Waals surface area contributed by atoms with Gasteiger partial charge in [-0.25, -0.2) is 18.0 Å². The molecule has 0 radical (unpaired) electrons. The molecule has 0 saturated heterocycles. The summed E-state index contributed by atoms with van der Waals surface area (Å²) in [5.74, 6) is -0.674. The molecular formula is C24H27F3N2O5. The van der Waals surface area contributed by atoms with E-state index in [1.807, 2.05) is 0 Å². The molecule has 2 aromatic rings. The first-order chi connectivity index (χ1) is 16.0. The summed E-state index contributed by atoms with van der Waals surface area (Å²) in [4.78, 5) is 26.0. The quantitative estimate of drug-likeness (QED) is 0.576. The van der Waals surface area contributed by atoms with Crippen molar-refractivity contribution in [3.05, 3.63) is 58.9 Å². The Morgan fingerprint density at radius 1 is 1.24 bits per heavy atom. The lowest BCUT2D eigenvalue weighted by molar-refractivity contribution is -0.121. The highest BCUT2D eigenvalue weighted by Crippen LogP contribution is 2.34. The molecule has 1 aliphatic rings. The number of rotatable bonds is 8. The van der Waals surface area contributed by atoms with Crippen LogP contribution in [0.1, 0.15) is 36.6 Å². The first kappa shape index (κ1) is 25.4. The van der Waals surface area contributed by atoms with E-state index in [1.165, 1.54) is 19.2 Å². The highest BCUT2D eigenvalue weighted by molar-refractivity contribution is 5.97. The number of methoxy groups -OCH3 is 1. The molecule has 0 saturated carbocycles. The third kappa shape index (κ3) is 5.61. The van der Waals surface area contributed by atoms with Gasteiger partial charge in [0.2, 0.25) is 0 Å². The molecule has 1 atom stereocenters. The number of halogens is 3. The van der Waals surface area contributed by atoms with Crippen LogP contribution in [0.3, 0.4) is 0 Å². The second-order valence-electron chi connectivity index (χ2n) is 8.67. The summed E-state index contributed by atoms with van der Waals surface area (Å²) in [7, 11) is 1.52. The molecule has 10 heteroatoms. The van der Waals surface area contributed by atoms with Gasteiger partial charge in [0.05, 0.1) is 13.7 Å². The molecule has 2 N–H and O–H groups in total. The number of nitrogens with zero attached hydrogens (tertiary/aromatic N) is 1. The lowest BCUT2D eigenvalue weighted by Crippen LogP contribution is -2.44. The second-order valence-corrected chi connectivity index (χ2v) is 8.67. The van der Waals surface area contributed by atoms with Crippen LogP contribution >= 0.6 is 0 Å². The summed E-state index contributed by atoms with van der Waals surface area (Å²) < 4.78 is 49.7. The van der Waals surface area contributed by atoms with Crippen LogP contribution in [0.25, 0.3) is 0 Å². The van der Waals surface area contributed by atoms with Crippen LogP contribution in [0.5, 0.6) is 5.75 Å². The van der Waals surface area contributed by atoms with Crippen LogP contribution in [0, 0.1) is 5.82 Å². The van der Waals surface area contributed by atoms with Crippen LogP contribution in [0.2, 0.25) is 0 Å². The molecule has 0 fully saturated rings. The van der Waals surface area contributed by atoms with Crippen LogP contribution in [-0.2, 0) is 21.4 Å². The van der Waals surface area contributed by atoms with Crippen molar-refractivity contribution in [2.24, 2.45) is 0 Å². The Labute approximate surface area is 195 Å². The van der Waals surface area contributed by atoms with Crippen molar-refractivity contribution < 1.29 is 37.3 Å². The van der Waals surface area contributed by atoms with E-state index in [0.29, 0.717) is 17.7 Å². The van der Waals surface area contributed by atoms with Crippen molar-refractivity contribution in [2.75, 3.05) is 32.2 Å². The van der Waals surface area contributed by atoms with Crippen LogP contribution in [0.4, 0.5) is 23.7 Å².